The molecule has 0 amide bonds. The van der Waals surface area contributed by atoms with Crippen LogP contribution in [-0.4, -0.2) is 26.3 Å². The third kappa shape index (κ3) is 3.48. The molecule has 0 saturated heterocycles. The second-order valence-corrected chi connectivity index (χ2v) is 7.26. The van der Waals surface area contributed by atoms with Crippen LogP contribution < -0.4 is 5.73 Å². The average molecular weight is 284 g/mol. The van der Waals surface area contributed by atoms with Crippen molar-refractivity contribution >= 4 is 15.7 Å². The Balaban J connectivity index is 3.21. The maximum atomic E-state index is 12.6. The van der Waals surface area contributed by atoms with Gasteiger partial charge in [0.05, 0.1) is 4.90 Å². The number of hydrogen-bond acceptors (Lipinski definition) is 3. The number of nitrogen functional groups attached to an aromatic ring is 1. The lowest BCUT2D eigenvalue weighted by Crippen LogP contribution is -2.32. The number of benzene rings is 1. The zero-order valence-electron chi connectivity index (χ0n) is 12.4. The number of aryl methyl sites for hydroxylation is 2. The van der Waals surface area contributed by atoms with Crippen molar-refractivity contribution in [2.45, 2.75) is 39.0 Å². The number of nitrogens with two attached hydrogens (primary N) is 1. The van der Waals surface area contributed by atoms with E-state index in [1.807, 2.05) is 0 Å². The van der Waals surface area contributed by atoms with Gasteiger partial charge in [-0.15, -0.1) is 0 Å². The van der Waals surface area contributed by atoms with Gasteiger partial charge in [-0.3, -0.25) is 0 Å². The smallest absolute Gasteiger partial charge is 0.243 e. The molecule has 0 bridgehead atoms. The highest BCUT2D eigenvalue weighted by Gasteiger charge is 2.25. The van der Waals surface area contributed by atoms with Crippen LogP contribution in [0.2, 0.25) is 0 Å². The lowest BCUT2D eigenvalue weighted by atomic mass is 10.1. The molecule has 0 aliphatic carbocycles. The topological polar surface area (TPSA) is 63.4 Å². The van der Waals surface area contributed by atoms with E-state index in [0.29, 0.717) is 34.2 Å². The number of sulfonamides is 1. The zero-order chi connectivity index (χ0) is 14.8. The normalized spacial score (nSPS) is 13.8. The minimum absolute atomic E-state index is 0.342. The second kappa shape index (κ2) is 5.92. The van der Waals surface area contributed by atoms with Gasteiger partial charge in [-0.1, -0.05) is 20.3 Å². The molecule has 108 valence electrons. The Kier molecular flexibility index (Phi) is 4.98. The maximum absolute atomic E-state index is 12.6. The Morgan fingerprint density at radius 2 is 1.74 bits per heavy atom. The first kappa shape index (κ1) is 16.0. The molecule has 0 radical (unpaired) electrons. The number of rotatable bonds is 5. The van der Waals surface area contributed by atoms with Crippen molar-refractivity contribution in [1.29, 1.82) is 0 Å². The van der Waals surface area contributed by atoms with Gasteiger partial charge in [0.1, 0.15) is 0 Å². The van der Waals surface area contributed by atoms with Crippen molar-refractivity contribution in [3.8, 4) is 0 Å². The minimum Gasteiger partial charge on any atom is -0.399 e. The summed E-state index contributed by atoms with van der Waals surface area (Å²) < 4.78 is 26.7. The van der Waals surface area contributed by atoms with E-state index in [-0.39, 0.29) is 0 Å². The van der Waals surface area contributed by atoms with Gasteiger partial charge >= 0.3 is 0 Å². The first-order valence-corrected chi connectivity index (χ1v) is 7.97. The van der Waals surface area contributed by atoms with Gasteiger partial charge < -0.3 is 5.73 Å². The standard InChI is InChI=1S/C14H24N2O2S/c1-6-10(2)9-16(5)19(17,18)14-11(3)7-13(15)8-12(14)4/h7-8,10H,6,9,15H2,1-5H3. The van der Waals surface area contributed by atoms with E-state index in [1.165, 1.54) is 4.31 Å². The van der Waals surface area contributed by atoms with Crippen LogP contribution in [-0.2, 0) is 10.0 Å². The molecule has 0 aromatic heterocycles. The van der Waals surface area contributed by atoms with Gasteiger partial charge in [-0.2, -0.15) is 0 Å². The van der Waals surface area contributed by atoms with E-state index in [9.17, 15) is 8.42 Å². The van der Waals surface area contributed by atoms with Crippen LogP contribution in [0.5, 0.6) is 0 Å². The van der Waals surface area contributed by atoms with Gasteiger partial charge in [-0.05, 0) is 43.0 Å². The molecule has 2 N–H and O–H groups in total. The number of hydrogen-bond donors (Lipinski definition) is 1. The van der Waals surface area contributed by atoms with Crippen molar-refractivity contribution in [1.82, 2.24) is 4.31 Å². The van der Waals surface area contributed by atoms with Crippen LogP contribution >= 0.6 is 0 Å². The molecular formula is C14H24N2O2S. The lowest BCUT2D eigenvalue weighted by Gasteiger charge is -2.22. The van der Waals surface area contributed by atoms with Crippen molar-refractivity contribution < 1.29 is 8.42 Å². The molecule has 4 nitrogen and oxygen atoms in total. The van der Waals surface area contributed by atoms with E-state index < -0.39 is 10.0 Å². The summed E-state index contributed by atoms with van der Waals surface area (Å²) in [6.07, 6.45) is 0.958. The molecule has 0 saturated carbocycles. The van der Waals surface area contributed by atoms with E-state index >= 15 is 0 Å². The summed E-state index contributed by atoms with van der Waals surface area (Å²) in [4.78, 5) is 0.382. The van der Waals surface area contributed by atoms with Gasteiger partial charge in [0.2, 0.25) is 10.0 Å². The SMILES string of the molecule is CCC(C)CN(C)S(=O)(=O)c1c(C)cc(N)cc1C. The summed E-state index contributed by atoms with van der Waals surface area (Å²) >= 11 is 0. The molecular weight excluding hydrogens is 260 g/mol. The highest BCUT2D eigenvalue weighted by atomic mass is 32.2. The van der Waals surface area contributed by atoms with Gasteiger partial charge in [0, 0.05) is 19.3 Å². The average Bonchev–Trinajstić information content (AvgIpc) is 2.26. The fourth-order valence-corrected chi connectivity index (χ4v) is 3.91. The Hall–Kier alpha value is -1.07. The fraction of sp³-hybridized carbons (Fsp3) is 0.571. The molecule has 1 rings (SSSR count). The summed E-state index contributed by atoms with van der Waals surface area (Å²) in [5.41, 5.74) is 7.74. The minimum atomic E-state index is -3.44. The molecule has 0 spiro atoms. The number of anilines is 1. The lowest BCUT2D eigenvalue weighted by molar-refractivity contribution is 0.393. The van der Waals surface area contributed by atoms with Crippen LogP contribution in [0.25, 0.3) is 0 Å². The molecule has 1 aromatic carbocycles. The Bertz CT molecular complexity index is 530. The molecule has 0 aliphatic heterocycles. The first-order chi connectivity index (χ1) is 8.70. The van der Waals surface area contributed by atoms with Crippen LogP contribution in [0.4, 0.5) is 5.69 Å². The van der Waals surface area contributed by atoms with Crippen molar-refractivity contribution in [3.05, 3.63) is 23.3 Å². The number of nitrogens with zero attached hydrogens (tertiary/aromatic N) is 1. The van der Waals surface area contributed by atoms with Gasteiger partial charge in [0.25, 0.3) is 0 Å². The summed E-state index contributed by atoms with van der Waals surface area (Å²) in [6, 6.07) is 3.41. The largest absolute Gasteiger partial charge is 0.399 e. The highest BCUT2D eigenvalue weighted by molar-refractivity contribution is 7.89. The summed E-state index contributed by atoms with van der Waals surface area (Å²) in [5, 5.41) is 0. The summed E-state index contributed by atoms with van der Waals surface area (Å²) in [6.45, 7) is 8.21. The molecule has 19 heavy (non-hydrogen) atoms. The molecule has 5 heteroatoms. The molecule has 0 aliphatic rings. The maximum Gasteiger partial charge on any atom is 0.243 e. The Morgan fingerprint density at radius 1 is 1.26 bits per heavy atom. The predicted octanol–water partition coefficient (Wildman–Crippen LogP) is 2.55. The molecule has 1 aromatic rings. The van der Waals surface area contributed by atoms with E-state index in [4.69, 9.17) is 5.73 Å². The van der Waals surface area contributed by atoms with Crippen LogP contribution in [0, 0.1) is 19.8 Å². The molecule has 0 fully saturated rings. The van der Waals surface area contributed by atoms with E-state index in [0.717, 1.165) is 6.42 Å². The molecule has 1 unspecified atom stereocenters. The van der Waals surface area contributed by atoms with Crippen molar-refractivity contribution in [3.63, 3.8) is 0 Å². The van der Waals surface area contributed by atoms with Gasteiger partial charge in [0.15, 0.2) is 0 Å². The Morgan fingerprint density at radius 3 is 2.16 bits per heavy atom. The monoisotopic (exact) mass is 284 g/mol. The van der Waals surface area contributed by atoms with Gasteiger partial charge in [-0.25, -0.2) is 12.7 Å². The molecule has 0 heterocycles. The first-order valence-electron chi connectivity index (χ1n) is 6.53. The van der Waals surface area contributed by atoms with E-state index in [1.54, 1.807) is 33.0 Å². The van der Waals surface area contributed by atoms with Crippen LogP contribution in [0.1, 0.15) is 31.4 Å². The third-order valence-electron chi connectivity index (χ3n) is 3.42. The third-order valence-corrected chi connectivity index (χ3v) is 5.55. The summed E-state index contributed by atoms with van der Waals surface area (Å²) in [5.74, 6) is 0.342. The second-order valence-electron chi connectivity index (χ2n) is 5.28. The van der Waals surface area contributed by atoms with Crippen molar-refractivity contribution in [2.75, 3.05) is 19.3 Å². The zero-order valence-corrected chi connectivity index (χ0v) is 13.2. The van der Waals surface area contributed by atoms with Crippen LogP contribution in [0.15, 0.2) is 17.0 Å². The van der Waals surface area contributed by atoms with Crippen molar-refractivity contribution in [2.24, 2.45) is 5.92 Å². The quantitative estimate of drug-likeness (QED) is 0.845. The summed E-state index contributed by atoms with van der Waals surface area (Å²) in [7, 11) is -1.81. The highest BCUT2D eigenvalue weighted by Crippen LogP contribution is 2.26. The predicted molar refractivity (Wildman–Crippen MR) is 79.6 cm³/mol. The fourth-order valence-electron chi connectivity index (χ4n) is 2.21. The van der Waals surface area contributed by atoms with E-state index in [2.05, 4.69) is 13.8 Å². The molecule has 1 atom stereocenters. The Labute approximate surface area is 116 Å². The van der Waals surface area contributed by atoms with Crippen LogP contribution in [0.3, 0.4) is 0 Å².